The lowest BCUT2D eigenvalue weighted by molar-refractivity contribution is -0.112. The lowest BCUT2D eigenvalue weighted by Gasteiger charge is -2.11. The molecule has 0 bridgehead atoms. The SMILES string of the molecule is CCOc1ccccc1NC(=O)C(C#N)=Cc1ccc(O)c(OC)c1. The van der Waals surface area contributed by atoms with Crippen LogP contribution in [0.25, 0.3) is 6.08 Å². The lowest BCUT2D eigenvalue weighted by Crippen LogP contribution is -2.14. The van der Waals surface area contributed by atoms with E-state index in [1.807, 2.05) is 13.0 Å². The Hall–Kier alpha value is -3.46. The predicted molar refractivity (Wildman–Crippen MR) is 94.5 cm³/mol. The Labute approximate surface area is 145 Å². The molecule has 0 aromatic heterocycles. The number of hydrogen-bond acceptors (Lipinski definition) is 5. The molecule has 0 aliphatic rings. The third-order valence-electron chi connectivity index (χ3n) is 3.31. The van der Waals surface area contributed by atoms with Gasteiger partial charge in [0.15, 0.2) is 11.5 Å². The number of carbonyl (C=O) groups is 1. The number of methoxy groups -OCH3 is 1. The van der Waals surface area contributed by atoms with Crippen LogP contribution in [-0.2, 0) is 4.79 Å². The molecule has 1 amide bonds. The van der Waals surface area contributed by atoms with Crippen molar-refractivity contribution in [3.05, 3.63) is 53.6 Å². The summed E-state index contributed by atoms with van der Waals surface area (Å²) in [5, 5.41) is 21.6. The zero-order chi connectivity index (χ0) is 18.2. The van der Waals surface area contributed by atoms with E-state index >= 15 is 0 Å². The minimum atomic E-state index is -0.554. The summed E-state index contributed by atoms with van der Waals surface area (Å²) >= 11 is 0. The monoisotopic (exact) mass is 338 g/mol. The molecule has 2 N–H and O–H groups in total. The van der Waals surface area contributed by atoms with Crippen LogP contribution in [0.3, 0.4) is 0 Å². The zero-order valence-electron chi connectivity index (χ0n) is 13.9. The first-order valence-electron chi connectivity index (χ1n) is 7.61. The quantitative estimate of drug-likeness (QED) is 0.622. The van der Waals surface area contributed by atoms with E-state index < -0.39 is 5.91 Å². The van der Waals surface area contributed by atoms with Crippen molar-refractivity contribution in [2.24, 2.45) is 0 Å². The van der Waals surface area contributed by atoms with Crippen LogP contribution in [0.5, 0.6) is 17.2 Å². The predicted octanol–water partition coefficient (Wildman–Crippen LogP) is 3.35. The van der Waals surface area contributed by atoms with E-state index in [1.165, 1.54) is 25.3 Å². The second kappa shape index (κ2) is 8.41. The summed E-state index contributed by atoms with van der Waals surface area (Å²) in [7, 11) is 1.42. The fourth-order valence-corrected chi connectivity index (χ4v) is 2.14. The first kappa shape index (κ1) is 17.9. The van der Waals surface area contributed by atoms with Gasteiger partial charge < -0.3 is 19.9 Å². The Morgan fingerprint density at radius 1 is 1.28 bits per heavy atom. The maximum atomic E-state index is 12.4. The summed E-state index contributed by atoms with van der Waals surface area (Å²) in [5.41, 5.74) is 0.956. The van der Waals surface area contributed by atoms with Crippen molar-refractivity contribution in [1.29, 1.82) is 5.26 Å². The number of phenols is 1. The molecule has 0 aliphatic heterocycles. The van der Waals surface area contributed by atoms with E-state index in [0.29, 0.717) is 23.6 Å². The maximum Gasteiger partial charge on any atom is 0.266 e. The summed E-state index contributed by atoms with van der Waals surface area (Å²) < 4.78 is 10.5. The molecule has 0 heterocycles. The number of nitrogens with one attached hydrogen (secondary N) is 1. The summed E-state index contributed by atoms with van der Waals surface area (Å²) in [4.78, 5) is 12.4. The second-order valence-corrected chi connectivity index (χ2v) is 4.98. The van der Waals surface area contributed by atoms with Crippen LogP contribution in [0.4, 0.5) is 5.69 Å². The minimum Gasteiger partial charge on any atom is -0.504 e. The smallest absolute Gasteiger partial charge is 0.266 e. The Bertz CT molecular complexity index is 838. The van der Waals surface area contributed by atoms with Crippen LogP contribution < -0.4 is 14.8 Å². The molecular formula is C19H18N2O4. The minimum absolute atomic E-state index is 0.0201. The number of aromatic hydroxyl groups is 1. The highest BCUT2D eigenvalue weighted by molar-refractivity contribution is 6.10. The van der Waals surface area contributed by atoms with Gasteiger partial charge in [0.1, 0.15) is 17.4 Å². The Morgan fingerprint density at radius 3 is 2.72 bits per heavy atom. The number of amides is 1. The van der Waals surface area contributed by atoms with Gasteiger partial charge in [0.25, 0.3) is 5.91 Å². The van der Waals surface area contributed by atoms with Gasteiger partial charge in [-0.3, -0.25) is 4.79 Å². The van der Waals surface area contributed by atoms with Crippen molar-refractivity contribution < 1.29 is 19.4 Å². The number of ether oxygens (including phenoxy) is 2. The van der Waals surface area contributed by atoms with Gasteiger partial charge in [0.2, 0.25) is 0 Å². The molecule has 0 saturated heterocycles. The third kappa shape index (κ3) is 4.52. The number of hydrogen-bond donors (Lipinski definition) is 2. The Balaban J connectivity index is 2.26. The van der Waals surface area contributed by atoms with Crippen LogP contribution in [0.15, 0.2) is 48.0 Å². The topological polar surface area (TPSA) is 91.6 Å². The molecule has 0 fully saturated rings. The van der Waals surface area contributed by atoms with E-state index in [4.69, 9.17) is 9.47 Å². The number of phenolic OH excluding ortho intramolecular Hbond substituents is 1. The summed E-state index contributed by atoms with van der Waals surface area (Å²) in [6, 6.07) is 13.4. The molecule has 2 aromatic rings. The van der Waals surface area contributed by atoms with Crippen molar-refractivity contribution in [3.63, 3.8) is 0 Å². The van der Waals surface area contributed by atoms with Gasteiger partial charge in [-0.2, -0.15) is 5.26 Å². The van der Waals surface area contributed by atoms with Gasteiger partial charge in [-0.1, -0.05) is 18.2 Å². The van der Waals surface area contributed by atoms with Crippen LogP contribution in [0.2, 0.25) is 0 Å². The molecule has 0 aliphatic carbocycles. The fourth-order valence-electron chi connectivity index (χ4n) is 2.14. The number of carbonyl (C=O) groups excluding carboxylic acids is 1. The standard InChI is InChI=1S/C19H18N2O4/c1-3-25-17-7-5-4-6-15(17)21-19(23)14(12-20)10-13-8-9-16(22)18(11-13)24-2/h4-11,22H,3H2,1-2H3,(H,21,23). The molecule has 0 saturated carbocycles. The molecule has 2 aromatic carbocycles. The van der Waals surface area contributed by atoms with Gasteiger partial charge in [-0.15, -0.1) is 0 Å². The lowest BCUT2D eigenvalue weighted by atomic mass is 10.1. The van der Waals surface area contributed by atoms with Gasteiger partial charge >= 0.3 is 0 Å². The summed E-state index contributed by atoms with van der Waals surface area (Å²) in [6.07, 6.45) is 1.42. The Kier molecular flexibility index (Phi) is 6.02. The normalized spacial score (nSPS) is 10.7. The molecule has 0 atom stereocenters. The molecular weight excluding hydrogens is 320 g/mol. The first-order chi connectivity index (χ1) is 12.1. The molecule has 128 valence electrons. The van der Waals surface area contributed by atoms with Crippen LogP contribution >= 0.6 is 0 Å². The average Bonchev–Trinajstić information content (AvgIpc) is 2.62. The van der Waals surface area contributed by atoms with E-state index in [1.54, 1.807) is 30.3 Å². The number of anilines is 1. The first-order valence-corrected chi connectivity index (χ1v) is 7.61. The second-order valence-electron chi connectivity index (χ2n) is 4.98. The summed E-state index contributed by atoms with van der Waals surface area (Å²) in [5.74, 6) is 0.213. The largest absolute Gasteiger partial charge is 0.504 e. The molecule has 0 unspecified atom stereocenters. The zero-order valence-corrected chi connectivity index (χ0v) is 13.9. The van der Waals surface area contributed by atoms with Gasteiger partial charge in [-0.05, 0) is 42.8 Å². The molecule has 25 heavy (non-hydrogen) atoms. The van der Waals surface area contributed by atoms with Crippen molar-refractivity contribution >= 4 is 17.7 Å². The van der Waals surface area contributed by atoms with E-state index in [0.717, 1.165) is 0 Å². The highest BCUT2D eigenvalue weighted by Gasteiger charge is 2.13. The number of para-hydroxylation sites is 2. The fraction of sp³-hybridized carbons (Fsp3) is 0.158. The van der Waals surface area contributed by atoms with Crippen LogP contribution in [-0.4, -0.2) is 24.7 Å². The number of rotatable bonds is 6. The van der Waals surface area contributed by atoms with Gasteiger partial charge in [0.05, 0.1) is 19.4 Å². The number of nitriles is 1. The molecule has 0 radical (unpaired) electrons. The highest BCUT2D eigenvalue weighted by atomic mass is 16.5. The molecule has 2 rings (SSSR count). The third-order valence-corrected chi connectivity index (χ3v) is 3.31. The van der Waals surface area contributed by atoms with Gasteiger partial charge in [0, 0.05) is 0 Å². The highest BCUT2D eigenvalue weighted by Crippen LogP contribution is 2.28. The summed E-state index contributed by atoms with van der Waals surface area (Å²) in [6.45, 7) is 2.30. The van der Waals surface area contributed by atoms with Crippen molar-refractivity contribution in [2.45, 2.75) is 6.92 Å². The van der Waals surface area contributed by atoms with E-state index in [-0.39, 0.29) is 17.1 Å². The average molecular weight is 338 g/mol. The number of nitrogens with zero attached hydrogens (tertiary/aromatic N) is 1. The van der Waals surface area contributed by atoms with Crippen molar-refractivity contribution in [1.82, 2.24) is 0 Å². The van der Waals surface area contributed by atoms with Crippen LogP contribution in [0, 0.1) is 11.3 Å². The van der Waals surface area contributed by atoms with Crippen molar-refractivity contribution in [3.8, 4) is 23.3 Å². The van der Waals surface area contributed by atoms with Crippen molar-refractivity contribution in [2.75, 3.05) is 19.0 Å². The van der Waals surface area contributed by atoms with E-state index in [2.05, 4.69) is 5.32 Å². The van der Waals surface area contributed by atoms with E-state index in [9.17, 15) is 15.2 Å². The number of benzene rings is 2. The van der Waals surface area contributed by atoms with Gasteiger partial charge in [-0.25, -0.2) is 0 Å². The molecule has 0 spiro atoms. The molecule has 6 heteroatoms. The Morgan fingerprint density at radius 2 is 2.04 bits per heavy atom. The molecule has 6 nitrogen and oxygen atoms in total. The van der Waals surface area contributed by atoms with Crippen LogP contribution in [0.1, 0.15) is 12.5 Å². The maximum absolute atomic E-state index is 12.4.